The van der Waals surface area contributed by atoms with E-state index in [4.69, 9.17) is 4.74 Å². The van der Waals surface area contributed by atoms with Crippen LogP contribution < -0.4 is 10.6 Å². The number of hydrogen-bond acceptors (Lipinski definition) is 7. The van der Waals surface area contributed by atoms with Crippen LogP contribution in [0.2, 0.25) is 0 Å². The second kappa shape index (κ2) is 8.93. The Balaban J connectivity index is 1.53. The number of thioether (sulfide) groups is 1. The van der Waals surface area contributed by atoms with Gasteiger partial charge in [-0.25, -0.2) is 0 Å². The Morgan fingerprint density at radius 1 is 1.30 bits per heavy atom. The number of nitrogens with zero attached hydrogens (tertiary/aromatic N) is 2. The summed E-state index contributed by atoms with van der Waals surface area (Å²) in [5.41, 5.74) is 0. The van der Waals surface area contributed by atoms with Crippen LogP contribution in [0.25, 0.3) is 0 Å². The molecule has 4 saturated heterocycles. The number of β-amino-alcohol motifs (C(OH)–C–C–N with tert-alkyl or cyclic N) is 1. The molecule has 168 valence electrons. The van der Waals surface area contributed by atoms with E-state index in [0.29, 0.717) is 26.2 Å². The highest BCUT2D eigenvalue weighted by molar-refractivity contribution is 9.09. The number of rotatable bonds is 7. The summed E-state index contributed by atoms with van der Waals surface area (Å²) in [5.74, 6) is -1.56. The smallest absolute Gasteiger partial charge is 0.244 e. The Morgan fingerprint density at radius 3 is 2.70 bits per heavy atom. The van der Waals surface area contributed by atoms with E-state index in [0.717, 1.165) is 19.6 Å². The lowest BCUT2D eigenvalue weighted by molar-refractivity contribution is -0.140. The number of hydrogen-bond donors (Lipinski definition) is 3. The third-order valence-corrected chi connectivity index (χ3v) is 9.98. The van der Waals surface area contributed by atoms with E-state index < -0.39 is 22.6 Å². The minimum atomic E-state index is -0.684. The summed E-state index contributed by atoms with van der Waals surface area (Å²) in [6.07, 6.45) is 0.649. The highest BCUT2D eigenvalue weighted by atomic mass is 79.9. The van der Waals surface area contributed by atoms with E-state index in [1.54, 1.807) is 18.8 Å². The quantitative estimate of drug-likeness (QED) is 0.367. The van der Waals surface area contributed by atoms with E-state index in [2.05, 4.69) is 31.5 Å². The predicted octanol–water partition coefficient (Wildman–Crippen LogP) is -1.36. The molecule has 4 rings (SSSR count). The molecule has 1 spiro atoms. The number of aliphatic hydroxyl groups excluding tert-OH is 1. The summed E-state index contributed by atoms with van der Waals surface area (Å²) in [5, 5.41) is 15.2. The second-order valence-corrected chi connectivity index (χ2v) is 11.0. The number of aliphatic hydroxyl groups is 1. The second-order valence-electron chi connectivity index (χ2n) is 8.28. The molecule has 3 amide bonds. The maximum absolute atomic E-state index is 13.3. The first-order valence-corrected chi connectivity index (χ1v) is 12.3. The average Bonchev–Trinajstić information content (AvgIpc) is 3.32. The lowest BCUT2D eigenvalue weighted by atomic mass is 9.70. The Morgan fingerprint density at radius 2 is 2.03 bits per heavy atom. The van der Waals surface area contributed by atoms with E-state index in [9.17, 15) is 19.5 Å². The summed E-state index contributed by atoms with van der Waals surface area (Å²) in [6.45, 7) is 4.18. The Kier molecular flexibility index (Phi) is 6.64. The van der Waals surface area contributed by atoms with Crippen LogP contribution in [0.3, 0.4) is 0 Å². The first-order valence-electron chi connectivity index (χ1n) is 10.5. The fraction of sp³-hybridized carbons (Fsp3) is 0.842. The van der Waals surface area contributed by atoms with Crippen LogP contribution in [0.15, 0.2) is 0 Å². The molecule has 3 unspecified atom stereocenters. The third-order valence-electron chi connectivity index (χ3n) is 6.76. The van der Waals surface area contributed by atoms with Gasteiger partial charge in [0.25, 0.3) is 0 Å². The zero-order valence-electron chi connectivity index (χ0n) is 17.0. The minimum Gasteiger partial charge on any atom is -0.395 e. The molecule has 4 fully saturated rings. The number of fused-ring (bicyclic) bond motifs is 1. The van der Waals surface area contributed by atoms with Crippen molar-refractivity contribution in [1.29, 1.82) is 0 Å². The standard InChI is InChI=1S/C19H29BrN4O5S/c1-21-16(26)12-13-18(28)24(4-7-25)15(19(13)10-11(20)14(12)30-19)17(27)22-2-3-23-5-8-29-9-6-23/h11-15,25H,2-10H2,1H3,(H,21,26)(H,22,27)/t11?,12-,13+,14-,15?,19?/m1/s1. The van der Waals surface area contributed by atoms with Crippen LogP contribution in [-0.2, 0) is 19.1 Å². The largest absolute Gasteiger partial charge is 0.395 e. The molecule has 30 heavy (non-hydrogen) atoms. The molecule has 3 N–H and O–H groups in total. The van der Waals surface area contributed by atoms with Crippen LogP contribution in [0.1, 0.15) is 6.42 Å². The van der Waals surface area contributed by atoms with Crippen LogP contribution in [0.5, 0.6) is 0 Å². The Hall–Kier alpha value is -0.880. The van der Waals surface area contributed by atoms with Crippen LogP contribution in [0, 0.1) is 11.8 Å². The van der Waals surface area contributed by atoms with Gasteiger partial charge < -0.3 is 25.4 Å². The van der Waals surface area contributed by atoms with Gasteiger partial charge in [-0.3, -0.25) is 19.3 Å². The van der Waals surface area contributed by atoms with Crippen molar-refractivity contribution in [2.45, 2.75) is 27.3 Å². The van der Waals surface area contributed by atoms with Crippen molar-refractivity contribution in [3.63, 3.8) is 0 Å². The third kappa shape index (κ3) is 3.56. The maximum Gasteiger partial charge on any atom is 0.244 e. The predicted molar refractivity (Wildman–Crippen MR) is 115 cm³/mol. The number of amides is 3. The van der Waals surface area contributed by atoms with Crippen molar-refractivity contribution < 1.29 is 24.2 Å². The zero-order valence-corrected chi connectivity index (χ0v) is 19.4. The molecule has 0 aliphatic carbocycles. The molecule has 4 aliphatic rings. The maximum atomic E-state index is 13.3. The number of morpholine rings is 1. The van der Waals surface area contributed by atoms with Gasteiger partial charge in [-0.05, 0) is 6.42 Å². The number of halogens is 1. The van der Waals surface area contributed by atoms with E-state index in [1.807, 2.05) is 0 Å². The van der Waals surface area contributed by atoms with Gasteiger partial charge in [0.05, 0.1) is 36.4 Å². The molecule has 4 aliphatic heterocycles. The summed E-state index contributed by atoms with van der Waals surface area (Å²) in [7, 11) is 1.58. The SMILES string of the molecule is CNC(=O)[C@H]1[C@@H]2SC3(CC2Br)C(C(=O)NCCN2CCOCC2)N(CCO)C(=O)[C@H]13. The number of carbonyl (C=O) groups is 3. The van der Waals surface area contributed by atoms with Gasteiger partial charge in [-0.1, -0.05) is 15.9 Å². The van der Waals surface area contributed by atoms with E-state index >= 15 is 0 Å². The van der Waals surface area contributed by atoms with Gasteiger partial charge in [-0.15, -0.1) is 11.8 Å². The lowest BCUT2D eigenvalue weighted by Crippen LogP contribution is -2.55. The van der Waals surface area contributed by atoms with Crippen molar-refractivity contribution in [3.05, 3.63) is 0 Å². The highest BCUT2D eigenvalue weighted by Crippen LogP contribution is 2.67. The lowest BCUT2D eigenvalue weighted by Gasteiger charge is -2.35. The molecule has 9 nitrogen and oxygen atoms in total. The van der Waals surface area contributed by atoms with Gasteiger partial charge in [0.1, 0.15) is 6.04 Å². The number of ether oxygens (including phenoxy) is 1. The van der Waals surface area contributed by atoms with Gasteiger partial charge >= 0.3 is 0 Å². The molecule has 0 radical (unpaired) electrons. The highest BCUT2D eigenvalue weighted by Gasteiger charge is 2.75. The molecule has 0 saturated carbocycles. The number of alkyl halides is 1. The summed E-state index contributed by atoms with van der Waals surface area (Å²) >= 11 is 5.30. The van der Waals surface area contributed by atoms with Gasteiger partial charge in [0, 0.05) is 49.8 Å². The molecule has 6 atom stereocenters. The monoisotopic (exact) mass is 504 g/mol. The van der Waals surface area contributed by atoms with Gasteiger partial charge in [0.15, 0.2) is 0 Å². The van der Waals surface area contributed by atoms with Crippen LogP contribution in [0.4, 0.5) is 0 Å². The van der Waals surface area contributed by atoms with E-state index in [-0.39, 0.29) is 41.0 Å². The van der Waals surface area contributed by atoms with Crippen molar-refractivity contribution in [1.82, 2.24) is 20.4 Å². The van der Waals surface area contributed by atoms with Crippen molar-refractivity contribution >= 4 is 45.4 Å². The topological polar surface area (TPSA) is 111 Å². The van der Waals surface area contributed by atoms with Crippen LogP contribution in [-0.4, -0.2) is 113 Å². The first-order chi connectivity index (χ1) is 14.4. The normalized spacial score (nSPS) is 38.0. The van der Waals surface area contributed by atoms with E-state index in [1.165, 1.54) is 4.90 Å². The van der Waals surface area contributed by atoms with Crippen LogP contribution >= 0.6 is 27.7 Å². The molecular formula is C19H29BrN4O5S. The van der Waals surface area contributed by atoms with Crippen molar-refractivity contribution in [3.8, 4) is 0 Å². The molecule has 0 aromatic rings. The molecule has 4 heterocycles. The Labute approximate surface area is 188 Å². The molecular weight excluding hydrogens is 476 g/mol. The minimum absolute atomic E-state index is 0.0428. The van der Waals surface area contributed by atoms with Gasteiger partial charge in [-0.2, -0.15) is 0 Å². The summed E-state index contributed by atoms with van der Waals surface area (Å²) in [6, 6.07) is -0.684. The fourth-order valence-corrected chi connectivity index (χ4v) is 9.12. The molecule has 0 aromatic heterocycles. The van der Waals surface area contributed by atoms with Crippen molar-refractivity contribution in [2.24, 2.45) is 11.8 Å². The first kappa shape index (κ1) is 22.3. The molecule has 2 bridgehead atoms. The molecule has 0 aromatic carbocycles. The number of nitrogens with one attached hydrogen (secondary N) is 2. The average molecular weight is 505 g/mol. The molecule has 11 heteroatoms. The summed E-state index contributed by atoms with van der Waals surface area (Å²) in [4.78, 5) is 43.1. The Bertz CT molecular complexity index is 708. The number of likely N-dealkylation sites (tertiary alicyclic amines) is 1. The van der Waals surface area contributed by atoms with Crippen molar-refractivity contribution in [2.75, 3.05) is 59.6 Å². The number of carbonyl (C=O) groups excluding carboxylic acids is 3. The summed E-state index contributed by atoms with van der Waals surface area (Å²) < 4.78 is 4.71. The van der Waals surface area contributed by atoms with Gasteiger partial charge in [0.2, 0.25) is 17.7 Å². The fourth-order valence-electron chi connectivity index (χ4n) is 5.50. The zero-order chi connectivity index (χ0) is 21.5.